The first kappa shape index (κ1) is 12.9. The molecule has 0 saturated carbocycles. The standard InChI is InChI=1S/C7H10F3O3PS/c1-3-5-6(4-2)14(5)13-15(11,12)7(8,9)10/h3-4H2,1-2H3. The van der Waals surface area contributed by atoms with Gasteiger partial charge in [-0.05, 0) is 23.5 Å². The Morgan fingerprint density at radius 3 is 1.87 bits per heavy atom. The van der Waals surface area contributed by atoms with Crippen LogP contribution in [0.15, 0.2) is 10.6 Å². The van der Waals surface area contributed by atoms with Crippen molar-refractivity contribution >= 4 is 18.3 Å². The first-order valence-corrected chi connectivity index (χ1v) is 6.94. The van der Waals surface area contributed by atoms with Gasteiger partial charge >= 0.3 is 15.6 Å². The monoisotopic (exact) mass is 262 g/mol. The number of hydrogen-bond acceptors (Lipinski definition) is 3. The molecule has 0 atom stereocenters. The molecule has 0 aromatic carbocycles. The van der Waals surface area contributed by atoms with Crippen LogP contribution in [0.25, 0.3) is 0 Å². The van der Waals surface area contributed by atoms with E-state index in [2.05, 4.69) is 3.97 Å². The van der Waals surface area contributed by atoms with Crippen molar-refractivity contribution in [1.82, 2.24) is 0 Å². The summed E-state index contributed by atoms with van der Waals surface area (Å²) in [5.74, 6) is 0. The Bertz CT molecular complexity index is 371. The van der Waals surface area contributed by atoms with Crippen LogP contribution in [0.3, 0.4) is 0 Å². The molecule has 0 radical (unpaired) electrons. The van der Waals surface area contributed by atoms with Gasteiger partial charge in [-0.3, -0.25) is 0 Å². The quantitative estimate of drug-likeness (QED) is 0.576. The van der Waals surface area contributed by atoms with E-state index in [0.717, 1.165) is 10.6 Å². The highest BCUT2D eigenvalue weighted by molar-refractivity contribution is 7.93. The summed E-state index contributed by atoms with van der Waals surface area (Å²) in [5, 5.41) is 1.45. The Morgan fingerprint density at radius 2 is 1.60 bits per heavy atom. The molecule has 1 aliphatic rings. The molecule has 1 heterocycles. The molecule has 0 unspecified atom stereocenters. The minimum Gasteiger partial charge on any atom is -0.232 e. The lowest BCUT2D eigenvalue weighted by Gasteiger charge is -2.08. The fourth-order valence-corrected chi connectivity index (χ4v) is 4.44. The molecule has 1 rings (SSSR count). The maximum atomic E-state index is 12.0. The maximum absolute atomic E-state index is 12.0. The van der Waals surface area contributed by atoms with E-state index in [9.17, 15) is 21.6 Å². The van der Waals surface area contributed by atoms with Crippen LogP contribution < -0.4 is 0 Å². The van der Waals surface area contributed by atoms with Crippen LogP contribution in [0.1, 0.15) is 26.7 Å². The molecule has 0 aromatic rings. The lowest BCUT2D eigenvalue weighted by molar-refractivity contribution is -0.0495. The van der Waals surface area contributed by atoms with Crippen LogP contribution in [0.2, 0.25) is 0 Å². The van der Waals surface area contributed by atoms with Crippen molar-refractivity contribution in [3.63, 3.8) is 0 Å². The van der Waals surface area contributed by atoms with E-state index in [-0.39, 0.29) is 0 Å². The molecule has 0 spiro atoms. The Kier molecular flexibility index (Phi) is 3.48. The first-order chi connectivity index (χ1) is 6.74. The van der Waals surface area contributed by atoms with Crippen LogP contribution >= 0.6 is 8.15 Å². The Balaban J connectivity index is 2.69. The van der Waals surface area contributed by atoms with Gasteiger partial charge in [-0.15, -0.1) is 0 Å². The summed E-state index contributed by atoms with van der Waals surface area (Å²) in [6, 6.07) is 0. The van der Waals surface area contributed by atoms with Gasteiger partial charge in [0.25, 0.3) is 0 Å². The van der Waals surface area contributed by atoms with Crippen molar-refractivity contribution in [1.29, 1.82) is 0 Å². The van der Waals surface area contributed by atoms with Crippen molar-refractivity contribution in [2.24, 2.45) is 0 Å². The van der Waals surface area contributed by atoms with Crippen LogP contribution in [0.4, 0.5) is 13.2 Å². The van der Waals surface area contributed by atoms with E-state index in [1.54, 1.807) is 13.8 Å². The summed E-state index contributed by atoms with van der Waals surface area (Å²) in [7, 11) is -7.04. The average molecular weight is 262 g/mol. The average Bonchev–Trinajstić information content (AvgIpc) is 2.74. The van der Waals surface area contributed by atoms with Crippen molar-refractivity contribution < 1.29 is 25.6 Å². The summed E-state index contributed by atoms with van der Waals surface area (Å²) in [4.78, 5) is 0. The summed E-state index contributed by atoms with van der Waals surface area (Å²) in [6.07, 6.45) is 1.09. The second-order valence-electron chi connectivity index (χ2n) is 2.87. The molecule has 0 saturated heterocycles. The van der Waals surface area contributed by atoms with Crippen molar-refractivity contribution in [2.45, 2.75) is 32.2 Å². The predicted octanol–water partition coefficient (Wildman–Crippen LogP) is 3.29. The highest BCUT2D eigenvalue weighted by Crippen LogP contribution is 2.73. The summed E-state index contributed by atoms with van der Waals surface area (Å²) in [5.41, 5.74) is -5.32. The molecular weight excluding hydrogens is 252 g/mol. The number of rotatable bonds is 4. The summed E-state index contributed by atoms with van der Waals surface area (Å²) in [6.45, 7) is 3.52. The van der Waals surface area contributed by atoms with Crippen LogP contribution in [0.5, 0.6) is 0 Å². The lowest BCUT2D eigenvalue weighted by Crippen LogP contribution is -2.23. The van der Waals surface area contributed by atoms with Gasteiger partial charge in [-0.2, -0.15) is 21.6 Å². The smallest absolute Gasteiger partial charge is 0.232 e. The summed E-state index contributed by atoms with van der Waals surface area (Å²) < 4.78 is 61.4. The normalized spacial score (nSPS) is 18.5. The molecule has 0 bridgehead atoms. The topological polar surface area (TPSA) is 43.4 Å². The highest BCUT2D eigenvalue weighted by atomic mass is 32.2. The zero-order valence-corrected chi connectivity index (χ0v) is 9.84. The second kappa shape index (κ2) is 4.03. The lowest BCUT2D eigenvalue weighted by atomic mass is 10.4. The molecule has 15 heavy (non-hydrogen) atoms. The van der Waals surface area contributed by atoms with Crippen LogP contribution in [-0.4, -0.2) is 13.9 Å². The van der Waals surface area contributed by atoms with Gasteiger partial charge in [0.2, 0.25) is 0 Å². The fraction of sp³-hybridized carbons (Fsp3) is 0.714. The van der Waals surface area contributed by atoms with Crippen molar-refractivity contribution in [2.75, 3.05) is 0 Å². The fourth-order valence-electron chi connectivity index (χ4n) is 1.15. The summed E-state index contributed by atoms with van der Waals surface area (Å²) >= 11 is 0. The molecule has 0 amide bonds. The Labute approximate surface area is 87.3 Å². The van der Waals surface area contributed by atoms with Gasteiger partial charge < -0.3 is 0 Å². The van der Waals surface area contributed by atoms with Crippen LogP contribution in [0, 0.1) is 0 Å². The number of allylic oxidation sites excluding steroid dienone is 2. The third kappa shape index (κ3) is 2.52. The van der Waals surface area contributed by atoms with Crippen molar-refractivity contribution in [3.05, 3.63) is 10.6 Å². The molecule has 1 aliphatic heterocycles. The molecule has 0 aliphatic carbocycles. The third-order valence-electron chi connectivity index (χ3n) is 1.90. The second-order valence-corrected chi connectivity index (χ2v) is 6.51. The zero-order chi connectivity index (χ0) is 11.9. The minimum absolute atomic E-state index is 0.544. The van der Waals surface area contributed by atoms with E-state index < -0.39 is 23.8 Å². The SMILES string of the molecule is CCC1=C(CC)P1OS(=O)(=O)C(F)(F)F. The molecule has 0 N–H and O–H groups in total. The maximum Gasteiger partial charge on any atom is 0.523 e. The Morgan fingerprint density at radius 1 is 1.20 bits per heavy atom. The first-order valence-electron chi connectivity index (χ1n) is 4.27. The number of alkyl halides is 3. The molecule has 88 valence electrons. The van der Waals surface area contributed by atoms with E-state index in [0.29, 0.717) is 12.8 Å². The van der Waals surface area contributed by atoms with E-state index in [4.69, 9.17) is 0 Å². The predicted molar refractivity (Wildman–Crippen MR) is 50.6 cm³/mol. The van der Waals surface area contributed by atoms with Crippen LogP contribution in [-0.2, 0) is 14.1 Å². The van der Waals surface area contributed by atoms with Gasteiger partial charge in [0, 0.05) is 0 Å². The van der Waals surface area contributed by atoms with Crippen molar-refractivity contribution in [3.8, 4) is 0 Å². The van der Waals surface area contributed by atoms with E-state index >= 15 is 0 Å². The Hall–Kier alpha value is -0.130. The molecule has 0 aromatic heterocycles. The van der Waals surface area contributed by atoms with Gasteiger partial charge in [0.1, 0.15) is 8.15 Å². The molecule has 3 nitrogen and oxygen atoms in total. The zero-order valence-electron chi connectivity index (χ0n) is 8.13. The highest BCUT2D eigenvalue weighted by Gasteiger charge is 2.52. The van der Waals surface area contributed by atoms with Gasteiger partial charge in [0.15, 0.2) is 0 Å². The molecule has 0 fully saturated rings. The van der Waals surface area contributed by atoms with Gasteiger partial charge in [-0.25, -0.2) is 3.97 Å². The number of halogens is 3. The molecular formula is C7H10F3O3PS. The third-order valence-corrected chi connectivity index (χ3v) is 5.78. The van der Waals surface area contributed by atoms with Gasteiger partial charge in [0.05, 0.1) is 0 Å². The van der Waals surface area contributed by atoms with E-state index in [1.165, 1.54) is 0 Å². The van der Waals surface area contributed by atoms with Gasteiger partial charge in [-0.1, -0.05) is 13.8 Å². The molecule has 8 heteroatoms. The van der Waals surface area contributed by atoms with E-state index in [1.807, 2.05) is 0 Å². The number of hydrogen-bond donors (Lipinski definition) is 0. The minimum atomic E-state index is -5.43. The largest absolute Gasteiger partial charge is 0.523 e.